The van der Waals surface area contributed by atoms with E-state index in [1.807, 2.05) is 56.5 Å². The first kappa shape index (κ1) is 19.3. The number of anilines is 1. The van der Waals surface area contributed by atoms with Crippen LogP contribution in [0.4, 0.5) is 5.69 Å². The lowest BCUT2D eigenvalue weighted by Crippen LogP contribution is -2.57. The number of aromatic nitrogens is 2. The lowest BCUT2D eigenvalue weighted by Gasteiger charge is -2.39. The summed E-state index contributed by atoms with van der Waals surface area (Å²) in [7, 11) is 0. The van der Waals surface area contributed by atoms with Crippen LogP contribution in [0.3, 0.4) is 0 Å². The van der Waals surface area contributed by atoms with Crippen molar-refractivity contribution in [1.29, 1.82) is 0 Å². The fraction of sp³-hybridized carbons (Fsp3) is 0.286. The zero-order valence-corrected chi connectivity index (χ0v) is 17.3. The number of piperazine rings is 1. The van der Waals surface area contributed by atoms with Gasteiger partial charge in [-0.3, -0.25) is 14.7 Å². The van der Waals surface area contributed by atoms with Crippen molar-refractivity contribution in [3.05, 3.63) is 53.9 Å². The molecule has 150 valence electrons. The van der Waals surface area contributed by atoms with E-state index in [0.717, 1.165) is 16.3 Å². The number of amides is 2. The fourth-order valence-electron chi connectivity index (χ4n) is 3.60. The Morgan fingerprint density at radius 2 is 2.07 bits per heavy atom. The number of rotatable bonds is 4. The molecule has 3 heterocycles. The van der Waals surface area contributed by atoms with E-state index in [-0.39, 0.29) is 30.1 Å². The van der Waals surface area contributed by atoms with Gasteiger partial charge in [0.1, 0.15) is 18.0 Å². The van der Waals surface area contributed by atoms with Gasteiger partial charge in [-0.05, 0) is 44.4 Å². The molecule has 0 saturated carbocycles. The van der Waals surface area contributed by atoms with Crippen molar-refractivity contribution < 1.29 is 14.0 Å². The van der Waals surface area contributed by atoms with Crippen LogP contribution in [0.1, 0.15) is 23.2 Å². The standard InChI is InChI=1S/C21H22N4O3S/c1-13-11-24(12-20(26)25(13)17-6-4-5-7-19(17)29-3)21(27)16-10-15(22-23-16)18-9-8-14(2)28-18/h4-10,13H,11-12H2,1-3H3,(H,22,23). The number of benzene rings is 1. The minimum Gasteiger partial charge on any atom is -0.460 e. The van der Waals surface area contributed by atoms with Crippen molar-refractivity contribution in [3.63, 3.8) is 0 Å². The summed E-state index contributed by atoms with van der Waals surface area (Å²) in [6.07, 6.45) is 1.99. The summed E-state index contributed by atoms with van der Waals surface area (Å²) in [5.41, 5.74) is 1.79. The molecule has 3 aromatic rings. The molecule has 4 rings (SSSR count). The highest BCUT2D eigenvalue weighted by Crippen LogP contribution is 2.31. The molecule has 2 aromatic heterocycles. The number of nitrogens with zero attached hydrogens (tertiary/aromatic N) is 3. The Balaban J connectivity index is 1.52. The maximum atomic E-state index is 12.9. The number of para-hydroxylation sites is 1. The highest BCUT2D eigenvalue weighted by Gasteiger charge is 2.35. The summed E-state index contributed by atoms with van der Waals surface area (Å²) < 4.78 is 5.57. The minimum absolute atomic E-state index is 0.0218. The largest absolute Gasteiger partial charge is 0.460 e. The molecule has 0 radical (unpaired) electrons. The molecule has 0 aliphatic carbocycles. The lowest BCUT2D eigenvalue weighted by molar-refractivity contribution is -0.121. The molecule has 1 fully saturated rings. The molecule has 2 amide bonds. The number of H-pyrrole nitrogens is 1. The van der Waals surface area contributed by atoms with Crippen molar-refractivity contribution in [2.24, 2.45) is 0 Å². The fourth-order valence-corrected chi connectivity index (χ4v) is 4.19. The van der Waals surface area contributed by atoms with Gasteiger partial charge in [-0.25, -0.2) is 0 Å². The van der Waals surface area contributed by atoms with E-state index in [9.17, 15) is 9.59 Å². The van der Waals surface area contributed by atoms with Crippen molar-refractivity contribution in [1.82, 2.24) is 15.1 Å². The minimum atomic E-state index is -0.270. The zero-order valence-electron chi connectivity index (χ0n) is 16.5. The molecule has 1 unspecified atom stereocenters. The second-order valence-electron chi connectivity index (χ2n) is 7.05. The summed E-state index contributed by atoms with van der Waals surface area (Å²) in [4.78, 5) is 30.3. The van der Waals surface area contributed by atoms with Crippen LogP contribution in [0.25, 0.3) is 11.5 Å². The van der Waals surface area contributed by atoms with Gasteiger partial charge in [0.15, 0.2) is 11.5 Å². The van der Waals surface area contributed by atoms with Gasteiger partial charge in [-0.2, -0.15) is 5.10 Å². The molecule has 1 aliphatic heterocycles. The van der Waals surface area contributed by atoms with Gasteiger partial charge < -0.3 is 14.2 Å². The van der Waals surface area contributed by atoms with Gasteiger partial charge in [0.25, 0.3) is 5.91 Å². The third-order valence-electron chi connectivity index (χ3n) is 4.95. The zero-order chi connectivity index (χ0) is 20.5. The molecule has 8 heteroatoms. The third-order valence-corrected chi connectivity index (χ3v) is 5.74. The predicted molar refractivity (Wildman–Crippen MR) is 112 cm³/mol. The first-order valence-corrected chi connectivity index (χ1v) is 10.6. The number of aromatic amines is 1. The monoisotopic (exact) mass is 410 g/mol. The average Bonchev–Trinajstić information content (AvgIpc) is 3.36. The maximum absolute atomic E-state index is 12.9. The highest BCUT2D eigenvalue weighted by atomic mass is 32.2. The van der Waals surface area contributed by atoms with E-state index in [0.29, 0.717) is 18.0 Å². The molecule has 1 atom stereocenters. The summed E-state index contributed by atoms with van der Waals surface area (Å²) in [5.74, 6) is 1.03. The van der Waals surface area contributed by atoms with Gasteiger partial charge in [0.05, 0.1) is 11.7 Å². The summed E-state index contributed by atoms with van der Waals surface area (Å²) in [6.45, 7) is 4.27. The number of carbonyl (C=O) groups excluding carboxylic acids is 2. The number of aryl methyl sites for hydroxylation is 1. The molecular formula is C21H22N4O3S. The molecule has 7 nitrogen and oxygen atoms in total. The van der Waals surface area contributed by atoms with Gasteiger partial charge in [-0.15, -0.1) is 11.8 Å². The Bertz CT molecular complexity index is 1060. The molecule has 29 heavy (non-hydrogen) atoms. The van der Waals surface area contributed by atoms with E-state index < -0.39 is 0 Å². The maximum Gasteiger partial charge on any atom is 0.274 e. The molecule has 1 aromatic carbocycles. The molecule has 0 bridgehead atoms. The van der Waals surface area contributed by atoms with Gasteiger partial charge in [0.2, 0.25) is 5.91 Å². The Kier molecular flexibility index (Phi) is 5.19. The smallest absolute Gasteiger partial charge is 0.274 e. The average molecular weight is 410 g/mol. The Hall–Kier alpha value is -3.00. The van der Waals surface area contributed by atoms with Gasteiger partial charge in [0, 0.05) is 17.5 Å². The van der Waals surface area contributed by atoms with Crippen LogP contribution in [0, 0.1) is 6.92 Å². The van der Waals surface area contributed by atoms with Crippen molar-refractivity contribution in [2.75, 3.05) is 24.2 Å². The molecular weight excluding hydrogens is 388 g/mol. The highest BCUT2D eigenvalue weighted by molar-refractivity contribution is 7.98. The van der Waals surface area contributed by atoms with E-state index >= 15 is 0 Å². The van der Waals surface area contributed by atoms with Crippen LogP contribution in [-0.2, 0) is 4.79 Å². The van der Waals surface area contributed by atoms with E-state index in [2.05, 4.69) is 10.2 Å². The first-order chi connectivity index (χ1) is 14.0. The molecule has 0 spiro atoms. The number of thioether (sulfide) groups is 1. The second-order valence-corrected chi connectivity index (χ2v) is 7.90. The van der Waals surface area contributed by atoms with Gasteiger partial charge in [-0.1, -0.05) is 12.1 Å². The number of furan rings is 1. The SMILES string of the molecule is CSc1ccccc1N1C(=O)CN(C(=O)c2cc(-c3ccc(C)o3)[nH]n2)CC1C. The van der Waals surface area contributed by atoms with E-state index in [1.54, 1.807) is 27.6 Å². The van der Waals surface area contributed by atoms with Crippen molar-refractivity contribution in [3.8, 4) is 11.5 Å². The van der Waals surface area contributed by atoms with E-state index in [4.69, 9.17) is 4.42 Å². The Morgan fingerprint density at radius 1 is 1.28 bits per heavy atom. The Morgan fingerprint density at radius 3 is 2.76 bits per heavy atom. The quantitative estimate of drug-likeness (QED) is 0.665. The summed E-state index contributed by atoms with van der Waals surface area (Å²) in [5, 5.41) is 6.97. The number of carbonyl (C=O) groups is 2. The number of hydrogen-bond donors (Lipinski definition) is 1. The van der Waals surface area contributed by atoms with Crippen LogP contribution in [-0.4, -0.2) is 52.3 Å². The molecule has 1 aliphatic rings. The predicted octanol–water partition coefficient (Wildman–Crippen LogP) is 3.58. The summed E-state index contributed by atoms with van der Waals surface area (Å²) >= 11 is 1.60. The van der Waals surface area contributed by atoms with Crippen LogP contribution < -0.4 is 4.90 Å². The lowest BCUT2D eigenvalue weighted by atomic mass is 10.1. The number of nitrogens with one attached hydrogen (secondary N) is 1. The third kappa shape index (κ3) is 3.67. The Labute approximate surface area is 173 Å². The van der Waals surface area contributed by atoms with E-state index in [1.165, 1.54) is 0 Å². The van der Waals surface area contributed by atoms with Crippen LogP contribution in [0.2, 0.25) is 0 Å². The molecule has 1 saturated heterocycles. The topological polar surface area (TPSA) is 82.4 Å². The van der Waals surface area contributed by atoms with Crippen molar-refractivity contribution >= 4 is 29.3 Å². The van der Waals surface area contributed by atoms with Crippen molar-refractivity contribution in [2.45, 2.75) is 24.8 Å². The van der Waals surface area contributed by atoms with Gasteiger partial charge >= 0.3 is 0 Å². The van der Waals surface area contributed by atoms with Crippen LogP contribution in [0.5, 0.6) is 0 Å². The van der Waals surface area contributed by atoms with Crippen LogP contribution in [0.15, 0.2) is 51.8 Å². The normalized spacial score (nSPS) is 17.1. The summed E-state index contributed by atoms with van der Waals surface area (Å²) in [6, 6.07) is 13.0. The van der Waals surface area contributed by atoms with Crippen LogP contribution >= 0.6 is 11.8 Å². The second kappa shape index (κ2) is 7.79. The first-order valence-electron chi connectivity index (χ1n) is 9.34. The molecule has 1 N–H and O–H groups in total. The number of hydrogen-bond acceptors (Lipinski definition) is 5.